The Morgan fingerprint density at radius 2 is 2.11 bits per heavy atom. The van der Waals surface area contributed by atoms with Crippen molar-refractivity contribution in [3.8, 4) is 5.75 Å². The first-order valence-electron chi connectivity index (χ1n) is 5.58. The number of ether oxygens (including phenoxy) is 1. The van der Waals surface area contributed by atoms with Crippen molar-refractivity contribution in [1.82, 2.24) is 4.98 Å². The number of ketones is 1. The Kier molecular flexibility index (Phi) is 3.06. The van der Waals surface area contributed by atoms with E-state index >= 15 is 0 Å². The van der Waals surface area contributed by atoms with Crippen LogP contribution in [-0.4, -0.2) is 28.4 Å². The standard InChI is InChI=1S/C13H13NO4/c1-3-18-13(17)12(16)11-7(2)10-8(14-11)5-4-6-9(10)15/h4-6,14-15H,3H2,1-2H3. The number of phenolic OH excluding ortho intramolecular Hbond substituents is 1. The van der Waals surface area contributed by atoms with E-state index in [0.717, 1.165) is 0 Å². The van der Waals surface area contributed by atoms with E-state index in [9.17, 15) is 14.7 Å². The highest BCUT2D eigenvalue weighted by Gasteiger charge is 2.23. The van der Waals surface area contributed by atoms with Crippen molar-refractivity contribution in [3.63, 3.8) is 0 Å². The highest BCUT2D eigenvalue weighted by molar-refractivity contribution is 6.41. The Hall–Kier alpha value is -2.30. The van der Waals surface area contributed by atoms with E-state index in [1.54, 1.807) is 26.0 Å². The SMILES string of the molecule is CCOC(=O)C(=O)c1[nH]c2cccc(O)c2c1C. The van der Waals surface area contributed by atoms with E-state index in [1.807, 2.05) is 0 Å². The molecular weight excluding hydrogens is 234 g/mol. The number of nitrogens with one attached hydrogen (secondary N) is 1. The molecular formula is C13H13NO4. The van der Waals surface area contributed by atoms with Crippen LogP contribution in [0.1, 0.15) is 23.0 Å². The lowest BCUT2D eigenvalue weighted by Crippen LogP contribution is -2.18. The first kappa shape index (κ1) is 12.2. The van der Waals surface area contributed by atoms with Crippen LogP contribution in [0.2, 0.25) is 0 Å². The molecule has 2 N–H and O–H groups in total. The first-order valence-corrected chi connectivity index (χ1v) is 5.58. The summed E-state index contributed by atoms with van der Waals surface area (Å²) in [5.74, 6) is -1.55. The minimum atomic E-state index is -0.897. The predicted octanol–water partition coefficient (Wildman–Crippen LogP) is 1.93. The minimum Gasteiger partial charge on any atom is -0.507 e. The molecule has 0 saturated heterocycles. The summed E-state index contributed by atoms with van der Waals surface area (Å²) in [5, 5.41) is 10.3. The minimum absolute atomic E-state index is 0.0733. The fraction of sp³-hybridized carbons (Fsp3) is 0.231. The highest BCUT2D eigenvalue weighted by Crippen LogP contribution is 2.29. The normalized spacial score (nSPS) is 10.6. The van der Waals surface area contributed by atoms with Crippen LogP contribution in [0.15, 0.2) is 18.2 Å². The second-order valence-corrected chi connectivity index (χ2v) is 3.87. The Morgan fingerprint density at radius 3 is 2.72 bits per heavy atom. The van der Waals surface area contributed by atoms with E-state index in [0.29, 0.717) is 16.5 Å². The maximum absolute atomic E-state index is 11.8. The Labute approximate surface area is 103 Å². The number of aromatic amines is 1. The molecule has 0 spiro atoms. The highest BCUT2D eigenvalue weighted by atomic mass is 16.5. The number of hydrogen-bond donors (Lipinski definition) is 2. The number of aromatic hydroxyl groups is 1. The van der Waals surface area contributed by atoms with Crippen molar-refractivity contribution < 1.29 is 19.4 Å². The predicted molar refractivity (Wildman–Crippen MR) is 65.7 cm³/mol. The third-order valence-electron chi connectivity index (χ3n) is 2.74. The fourth-order valence-electron chi connectivity index (χ4n) is 1.92. The number of carbonyl (C=O) groups excluding carboxylic acids is 2. The summed E-state index contributed by atoms with van der Waals surface area (Å²) >= 11 is 0. The van der Waals surface area contributed by atoms with Crippen LogP contribution in [0.25, 0.3) is 10.9 Å². The van der Waals surface area contributed by atoms with Gasteiger partial charge in [-0.15, -0.1) is 0 Å². The van der Waals surface area contributed by atoms with Crippen LogP contribution < -0.4 is 0 Å². The topological polar surface area (TPSA) is 79.4 Å². The van der Waals surface area contributed by atoms with Crippen LogP contribution in [0.4, 0.5) is 0 Å². The molecule has 2 aromatic rings. The Bertz CT molecular complexity index is 627. The number of hydrogen-bond acceptors (Lipinski definition) is 4. The third kappa shape index (κ3) is 1.84. The fourth-order valence-corrected chi connectivity index (χ4v) is 1.92. The molecule has 0 aliphatic heterocycles. The van der Waals surface area contributed by atoms with Gasteiger partial charge >= 0.3 is 5.97 Å². The average molecular weight is 247 g/mol. The smallest absolute Gasteiger partial charge is 0.381 e. The summed E-state index contributed by atoms with van der Waals surface area (Å²) in [7, 11) is 0. The number of aryl methyl sites for hydroxylation is 1. The summed E-state index contributed by atoms with van der Waals surface area (Å²) in [6.45, 7) is 3.45. The molecule has 0 atom stereocenters. The number of H-pyrrole nitrogens is 1. The van der Waals surface area contributed by atoms with Gasteiger partial charge in [-0.1, -0.05) is 6.07 Å². The van der Waals surface area contributed by atoms with Crippen molar-refractivity contribution in [2.24, 2.45) is 0 Å². The van der Waals surface area contributed by atoms with Crippen molar-refractivity contribution in [2.45, 2.75) is 13.8 Å². The van der Waals surface area contributed by atoms with Gasteiger partial charge in [-0.2, -0.15) is 0 Å². The third-order valence-corrected chi connectivity index (χ3v) is 2.74. The quantitative estimate of drug-likeness (QED) is 0.493. The lowest BCUT2D eigenvalue weighted by atomic mass is 10.1. The molecule has 5 nitrogen and oxygen atoms in total. The van der Waals surface area contributed by atoms with Crippen LogP contribution >= 0.6 is 0 Å². The number of phenols is 1. The van der Waals surface area contributed by atoms with Gasteiger partial charge in [-0.3, -0.25) is 4.79 Å². The molecule has 1 aromatic heterocycles. The van der Waals surface area contributed by atoms with Crippen LogP contribution in [0.5, 0.6) is 5.75 Å². The van der Waals surface area contributed by atoms with Gasteiger partial charge in [0.15, 0.2) is 0 Å². The van der Waals surface area contributed by atoms with Gasteiger partial charge in [0.2, 0.25) is 0 Å². The van der Waals surface area contributed by atoms with Gasteiger partial charge in [0, 0.05) is 10.9 Å². The maximum atomic E-state index is 11.8. The summed E-state index contributed by atoms with van der Waals surface area (Å²) < 4.78 is 4.67. The number of fused-ring (bicyclic) bond motifs is 1. The van der Waals surface area contributed by atoms with Crippen LogP contribution in [0.3, 0.4) is 0 Å². The molecule has 1 aromatic carbocycles. The molecule has 0 amide bonds. The van der Waals surface area contributed by atoms with Gasteiger partial charge in [0.05, 0.1) is 12.3 Å². The maximum Gasteiger partial charge on any atom is 0.381 e. The average Bonchev–Trinajstić information content (AvgIpc) is 2.67. The monoisotopic (exact) mass is 247 g/mol. The Balaban J connectivity index is 2.53. The zero-order valence-corrected chi connectivity index (χ0v) is 10.1. The summed E-state index contributed by atoms with van der Waals surface area (Å²) in [6.07, 6.45) is 0. The number of rotatable bonds is 3. The number of carbonyl (C=O) groups is 2. The second kappa shape index (κ2) is 4.52. The molecule has 0 fully saturated rings. The van der Waals surface area contributed by atoms with Crippen LogP contribution in [0, 0.1) is 6.92 Å². The number of aromatic nitrogens is 1. The number of benzene rings is 1. The summed E-state index contributed by atoms with van der Waals surface area (Å²) in [6, 6.07) is 4.91. The second-order valence-electron chi connectivity index (χ2n) is 3.87. The zero-order chi connectivity index (χ0) is 13.3. The van der Waals surface area contributed by atoms with E-state index in [-0.39, 0.29) is 18.1 Å². The van der Waals surface area contributed by atoms with Gasteiger partial charge in [-0.05, 0) is 31.5 Å². The van der Waals surface area contributed by atoms with Crippen molar-refractivity contribution >= 4 is 22.7 Å². The molecule has 0 radical (unpaired) electrons. The van der Waals surface area contributed by atoms with E-state index in [2.05, 4.69) is 9.72 Å². The van der Waals surface area contributed by atoms with E-state index < -0.39 is 11.8 Å². The zero-order valence-electron chi connectivity index (χ0n) is 10.1. The van der Waals surface area contributed by atoms with E-state index in [4.69, 9.17) is 0 Å². The number of Topliss-reactive ketones (excluding diaryl/α,β-unsaturated/α-hetero) is 1. The molecule has 0 aliphatic rings. The summed E-state index contributed by atoms with van der Waals surface area (Å²) in [4.78, 5) is 26.1. The van der Waals surface area contributed by atoms with Gasteiger partial charge in [0.1, 0.15) is 5.75 Å². The summed E-state index contributed by atoms with van der Waals surface area (Å²) in [5.41, 5.74) is 1.31. The van der Waals surface area contributed by atoms with Gasteiger partial charge < -0.3 is 14.8 Å². The molecule has 2 rings (SSSR count). The van der Waals surface area contributed by atoms with Gasteiger partial charge in [0.25, 0.3) is 5.78 Å². The van der Waals surface area contributed by atoms with Gasteiger partial charge in [-0.25, -0.2) is 4.79 Å². The van der Waals surface area contributed by atoms with Crippen molar-refractivity contribution in [2.75, 3.05) is 6.61 Å². The molecule has 1 heterocycles. The van der Waals surface area contributed by atoms with E-state index in [1.165, 1.54) is 6.07 Å². The molecule has 5 heteroatoms. The molecule has 0 saturated carbocycles. The lowest BCUT2D eigenvalue weighted by molar-refractivity contribution is -0.137. The Morgan fingerprint density at radius 1 is 1.39 bits per heavy atom. The first-order chi connectivity index (χ1) is 8.56. The lowest BCUT2D eigenvalue weighted by Gasteiger charge is -2.00. The van der Waals surface area contributed by atoms with Crippen molar-refractivity contribution in [3.05, 3.63) is 29.5 Å². The molecule has 0 bridgehead atoms. The number of esters is 1. The molecule has 18 heavy (non-hydrogen) atoms. The molecule has 0 aliphatic carbocycles. The molecule has 0 unspecified atom stereocenters. The largest absolute Gasteiger partial charge is 0.507 e. The van der Waals surface area contributed by atoms with Crippen LogP contribution in [-0.2, 0) is 9.53 Å². The van der Waals surface area contributed by atoms with Crippen molar-refractivity contribution in [1.29, 1.82) is 0 Å². The molecule has 94 valence electrons.